The molecule has 1 amide bonds. The Bertz CT molecular complexity index is 1170. The Hall–Kier alpha value is -3.12. The molecule has 0 unspecified atom stereocenters. The monoisotopic (exact) mass is 411 g/mol. The van der Waals surface area contributed by atoms with E-state index < -0.39 is 17.5 Å². The zero-order valence-corrected chi connectivity index (χ0v) is 16.4. The molecule has 1 aliphatic heterocycles. The second kappa shape index (κ2) is 7.72. The van der Waals surface area contributed by atoms with Gasteiger partial charge in [-0.3, -0.25) is 9.59 Å². The minimum atomic E-state index is -1.00. The van der Waals surface area contributed by atoms with Crippen LogP contribution in [0, 0.1) is 0 Å². The van der Waals surface area contributed by atoms with E-state index in [9.17, 15) is 14.4 Å². The highest BCUT2D eigenvalue weighted by Gasteiger charge is 2.28. The summed E-state index contributed by atoms with van der Waals surface area (Å²) in [5.74, 6) is -1.41. The molecule has 148 valence electrons. The molecule has 7 heteroatoms. The van der Waals surface area contributed by atoms with Crippen LogP contribution in [0.3, 0.4) is 0 Å². The molecule has 0 N–H and O–H groups in total. The van der Waals surface area contributed by atoms with Crippen LogP contribution in [0.5, 0.6) is 0 Å². The summed E-state index contributed by atoms with van der Waals surface area (Å²) in [5.41, 5.74) is 2.12. The Morgan fingerprint density at radius 3 is 2.69 bits per heavy atom. The summed E-state index contributed by atoms with van der Waals surface area (Å²) in [4.78, 5) is 39.1. The van der Waals surface area contributed by atoms with Crippen molar-refractivity contribution in [3.8, 4) is 0 Å². The number of esters is 1. The van der Waals surface area contributed by atoms with Crippen molar-refractivity contribution in [2.24, 2.45) is 0 Å². The first kappa shape index (κ1) is 19.2. The molecule has 0 saturated heterocycles. The van der Waals surface area contributed by atoms with Gasteiger partial charge in [0.15, 0.2) is 11.5 Å². The van der Waals surface area contributed by atoms with Gasteiger partial charge in [0.1, 0.15) is 5.58 Å². The molecule has 0 aliphatic carbocycles. The molecule has 2 heterocycles. The first-order chi connectivity index (χ1) is 13.9. The van der Waals surface area contributed by atoms with Crippen molar-refractivity contribution in [1.82, 2.24) is 4.90 Å². The maximum atomic E-state index is 12.7. The molecule has 4 rings (SSSR count). The van der Waals surface area contributed by atoms with Crippen LogP contribution in [0.25, 0.3) is 11.0 Å². The topological polar surface area (TPSA) is 76.8 Å². The van der Waals surface area contributed by atoms with Gasteiger partial charge in [0.2, 0.25) is 5.76 Å². The normalized spacial score (nSPS) is 14.3. The van der Waals surface area contributed by atoms with E-state index in [4.69, 9.17) is 20.8 Å². The fourth-order valence-electron chi connectivity index (χ4n) is 3.44. The van der Waals surface area contributed by atoms with E-state index in [1.165, 1.54) is 24.6 Å². The van der Waals surface area contributed by atoms with E-state index in [-0.39, 0.29) is 22.6 Å². The van der Waals surface area contributed by atoms with E-state index in [0.29, 0.717) is 18.1 Å². The SMILES string of the molecule is C[C@@H](OC(=O)c1cc(=O)c2cc(Cl)ccc2o1)C(=O)N1CCc2ccccc2C1. The molecule has 29 heavy (non-hydrogen) atoms. The fraction of sp³-hybridized carbons (Fsp3) is 0.227. The third kappa shape index (κ3) is 3.89. The van der Waals surface area contributed by atoms with E-state index in [1.807, 2.05) is 18.2 Å². The van der Waals surface area contributed by atoms with E-state index >= 15 is 0 Å². The Morgan fingerprint density at radius 2 is 1.90 bits per heavy atom. The average Bonchev–Trinajstić information content (AvgIpc) is 2.73. The second-order valence-electron chi connectivity index (χ2n) is 6.94. The molecule has 0 radical (unpaired) electrons. The predicted octanol–water partition coefficient (Wildman–Crippen LogP) is 3.58. The number of halogens is 1. The van der Waals surface area contributed by atoms with Crippen LogP contribution in [0.2, 0.25) is 5.02 Å². The zero-order valence-electron chi connectivity index (χ0n) is 15.7. The molecule has 3 aromatic rings. The molecule has 2 aromatic carbocycles. The minimum absolute atomic E-state index is 0.223. The number of fused-ring (bicyclic) bond motifs is 2. The Morgan fingerprint density at radius 1 is 1.14 bits per heavy atom. The van der Waals surface area contributed by atoms with E-state index in [1.54, 1.807) is 11.0 Å². The van der Waals surface area contributed by atoms with Crippen LogP contribution in [0.1, 0.15) is 28.6 Å². The highest BCUT2D eigenvalue weighted by Crippen LogP contribution is 2.21. The van der Waals surface area contributed by atoms with Gasteiger partial charge in [-0.1, -0.05) is 35.9 Å². The van der Waals surface area contributed by atoms with Crippen molar-refractivity contribution in [2.75, 3.05) is 6.54 Å². The van der Waals surface area contributed by atoms with Crippen molar-refractivity contribution in [1.29, 1.82) is 0 Å². The van der Waals surface area contributed by atoms with Crippen LogP contribution in [0.4, 0.5) is 0 Å². The summed E-state index contributed by atoms with van der Waals surface area (Å²) in [7, 11) is 0. The van der Waals surface area contributed by atoms with Crippen LogP contribution < -0.4 is 5.43 Å². The number of ether oxygens (including phenoxy) is 1. The van der Waals surface area contributed by atoms with Crippen molar-refractivity contribution in [3.63, 3.8) is 0 Å². The number of rotatable bonds is 3. The second-order valence-corrected chi connectivity index (χ2v) is 7.38. The van der Waals surface area contributed by atoms with E-state index in [2.05, 4.69) is 6.07 Å². The summed E-state index contributed by atoms with van der Waals surface area (Å²) in [6.07, 6.45) is -0.246. The van der Waals surface area contributed by atoms with Crippen LogP contribution >= 0.6 is 11.6 Å². The third-order valence-electron chi connectivity index (χ3n) is 4.96. The molecular formula is C22H18ClNO5. The number of carbonyl (C=O) groups excluding carboxylic acids is 2. The summed E-state index contributed by atoms with van der Waals surface area (Å²) < 4.78 is 10.8. The zero-order chi connectivity index (χ0) is 20.5. The highest BCUT2D eigenvalue weighted by atomic mass is 35.5. The maximum Gasteiger partial charge on any atom is 0.375 e. The lowest BCUT2D eigenvalue weighted by atomic mass is 9.99. The van der Waals surface area contributed by atoms with Gasteiger partial charge in [-0.15, -0.1) is 0 Å². The van der Waals surface area contributed by atoms with Gasteiger partial charge in [-0.25, -0.2) is 4.79 Å². The quantitative estimate of drug-likeness (QED) is 0.616. The summed E-state index contributed by atoms with van der Waals surface area (Å²) >= 11 is 5.89. The molecule has 0 fully saturated rings. The van der Waals surface area contributed by atoms with Gasteiger partial charge in [0.05, 0.1) is 5.39 Å². The molecule has 1 aliphatic rings. The van der Waals surface area contributed by atoms with Crippen molar-refractivity contribution in [3.05, 3.63) is 80.7 Å². The number of hydrogen-bond acceptors (Lipinski definition) is 5. The lowest BCUT2D eigenvalue weighted by molar-refractivity contribution is -0.140. The fourth-order valence-corrected chi connectivity index (χ4v) is 3.61. The average molecular weight is 412 g/mol. The smallest absolute Gasteiger partial charge is 0.375 e. The van der Waals surface area contributed by atoms with Crippen LogP contribution in [-0.4, -0.2) is 29.4 Å². The number of amides is 1. The number of benzene rings is 2. The third-order valence-corrected chi connectivity index (χ3v) is 5.20. The Kier molecular flexibility index (Phi) is 5.11. The van der Waals surface area contributed by atoms with Gasteiger partial charge >= 0.3 is 5.97 Å². The van der Waals surface area contributed by atoms with Crippen molar-refractivity contribution in [2.45, 2.75) is 26.0 Å². The molecule has 0 saturated carbocycles. The number of hydrogen-bond donors (Lipinski definition) is 0. The minimum Gasteiger partial charge on any atom is -0.449 e. The predicted molar refractivity (Wildman–Crippen MR) is 108 cm³/mol. The molecule has 1 atom stereocenters. The summed E-state index contributed by atoms with van der Waals surface area (Å²) in [6.45, 7) is 2.55. The number of carbonyl (C=O) groups is 2. The molecule has 6 nitrogen and oxygen atoms in total. The van der Waals surface area contributed by atoms with Gasteiger partial charge in [0, 0.05) is 24.2 Å². The summed E-state index contributed by atoms with van der Waals surface area (Å²) in [5, 5.41) is 0.660. The lowest BCUT2D eigenvalue weighted by Crippen LogP contribution is -2.42. The highest BCUT2D eigenvalue weighted by molar-refractivity contribution is 6.31. The molecule has 1 aromatic heterocycles. The van der Waals surface area contributed by atoms with Crippen LogP contribution in [0.15, 0.2) is 57.7 Å². The largest absolute Gasteiger partial charge is 0.449 e. The standard InChI is InChI=1S/C22H18ClNO5/c1-13(21(26)24-9-8-14-4-2-3-5-15(14)12-24)28-22(27)20-11-18(25)17-10-16(23)6-7-19(17)29-20/h2-7,10-11,13H,8-9,12H2,1H3/t13-/m1/s1. The van der Waals surface area contributed by atoms with Crippen molar-refractivity contribution < 1.29 is 18.7 Å². The van der Waals surface area contributed by atoms with Gasteiger partial charge in [-0.05, 0) is 42.7 Å². The van der Waals surface area contributed by atoms with Gasteiger partial charge < -0.3 is 14.1 Å². The molecular weight excluding hydrogens is 394 g/mol. The van der Waals surface area contributed by atoms with Crippen LogP contribution in [-0.2, 0) is 22.5 Å². The maximum absolute atomic E-state index is 12.7. The van der Waals surface area contributed by atoms with Gasteiger partial charge in [0.25, 0.3) is 5.91 Å². The van der Waals surface area contributed by atoms with E-state index in [0.717, 1.165) is 18.1 Å². The molecule has 0 bridgehead atoms. The Labute approximate surface area is 171 Å². The van der Waals surface area contributed by atoms with Crippen molar-refractivity contribution >= 4 is 34.4 Å². The molecule has 0 spiro atoms. The lowest BCUT2D eigenvalue weighted by Gasteiger charge is -2.30. The Balaban J connectivity index is 1.48. The first-order valence-electron chi connectivity index (χ1n) is 9.22. The van der Waals surface area contributed by atoms with Gasteiger partial charge in [-0.2, -0.15) is 0 Å². The number of nitrogens with zero attached hydrogens (tertiary/aromatic N) is 1. The first-order valence-corrected chi connectivity index (χ1v) is 9.60. The summed E-state index contributed by atoms with van der Waals surface area (Å²) in [6, 6.07) is 13.5.